The Morgan fingerprint density at radius 3 is 2.64 bits per heavy atom. The Kier molecular flexibility index (Phi) is 5.01. The van der Waals surface area contributed by atoms with Gasteiger partial charge in [0.1, 0.15) is 5.75 Å². The molecule has 0 aromatic heterocycles. The molecule has 1 heterocycles. The number of nitrogen functional groups attached to an aromatic ring is 1. The maximum Gasteiger partial charge on any atom is 0.265 e. The quantitative estimate of drug-likeness (QED) is 0.797. The fourth-order valence-electron chi connectivity index (χ4n) is 2.49. The lowest BCUT2D eigenvalue weighted by Crippen LogP contribution is -2.40. The Morgan fingerprint density at radius 1 is 1.24 bits per heavy atom. The van der Waals surface area contributed by atoms with Crippen LogP contribution in [0.3, 0.4) is 0 Å². The molecule has 1 aliphatic rings. The van der Waals surface area contributed by atoms with Crippen molar-refractivity contribution in [1.82, 2.24) is 0 Å². The number of nitrogens with one attached hydrogen (secondary N) is 1. The molecule has 0 saturated carbocycles. The third-order valence-electron chi connectivity index (χ3n) is 3.73. The highest BCUT2D eigenvalue weighted by Gasteiger charge is 2.25. The number of amides is 2. The van der Waals surface area contributed by atoms with Crippen LogP contribution >= 0.6 is 23.2 Å². The topological polar surface area (TPSA) is 84.7 Å². The summed E-state index contributed by atoms with van der Waals surface area (Å²) >= 11 is 11.9. The van der Waals surface area contributed by atoms with Crippen molar-refractivity contribution in [2.75, 3.05) is 29.1 Å². The maximum absolute atomic E-state index is 12.2. The second-order valence-corrected chi connectivity index (χ2v) is 6.27. The lowest BCUT2D eigenvalue weighted by atomic mass is 10.2. The lowest BCUT2D eigenvalue weighted by Gasteiger charge is -2.29. The lowest BCUT2D eigenvalue weighted by molar-refractivity contribution is -0.121. The molecule has 2 aromatic rings. The van der Waals surface area contributed by atoms with E-state index in [9.17, 15) is 9.59 Å². The van der Waals surface area contributed by atoms with Crippen LogP contribution in [0, 0.1) is 0 Å². The minimum absolute atomic E-state index is 0.0399. The number of hydrogen-bond donors (Lipinski definition) is 2. The average molecular weight is 380 g/mol. The van der Waals surface area contributed by atoms with Gasteiger partial charge in [-0.2, -0.15) is 0 Å². The van der Waals surface area contributed by atoms with Crippen LogP contribution in [0.25, 0.3) is 0 Å². The Morgan fingerprint density at radius 2 is 1.92 bits per heavy atom. The van der Waals surface area contributed by atoms with Crippen molar-refractivity contribution in [3.05, 3.63) is 46.4 Å². The van der Waals surface area contributed by atoms with Gasteiger partial charge in [-0.15, -0.1) is 0 Å². The van der Waals surface area contributed by atoms with Crippen LogP contribution in [0.4, 0.5) is 17.1 Å². The molecule has 2 amide bonds. The van der Waals surface area contributed by atoms with E-state index in [0.29, 0.717) is 17.1 Å². The molecule has 1 aliphatic heterocycles. The number of rotatable bonds is 4. The predicted molar refractivity (Wildman–Crippen MR) is 98.4 cm³/mol. The molecule has 0 saturated heterocycles. The summed E-state index contributed by atoms with van der Waals surface area (Å²) in [5.41, 5.74) is 7.03. The van der Waals surface area contributed by atoms with E-state index >= 15 is 0 Å². The van der Waals surface area contributed by atoms with Crippen molar-refractivity contribution in [3.63, 3.8) is 0 Å². The van der Waals surface area contributed by atoms with Crippen LogP contribution in [-0.2, 0) is 9.59 Å². The predicted octanol–water partition coefficient (Wildman–Crippen LogP) is 3.33. The van der Waals surface area contributed by atoms with Gasteiger partial charge >= 0.3 is 0 Å². The molecule has 0 fully saturated rings. The van der Waals surface area contributed by atoms with Crippen LogP contribution in [0.15, 0.2) is 36.4 Å². The van der Waals surface area contributed by atoms with Crippen molar-refractivity contribution in [2.45, 2.75) is 6.42 Å². The second kappa shape index (κ2) is 7.21. The minimum Gasteiger partial charge on any atom is -0.482 e. The SMILES string of the molecule is Nc1c(Cl)cc(NC(=O)CCN2C(=O)COc3ccccc32)cc1Cl. The summed E-state index contributed by atoms with van der Waals surface area (Å²) in [7, 11) is 0. The van der Waals surface area contributed by atoms with Gasteiger partial charge in [0.05, 0.1) is 21.4 Å². The third-order valence-corrected chi connectivity index (χ3v) is 4.36. The zero-order chi connectivity index (χ0) is 18.0. The van der Waals surface area contributed by atoms with Crippen LogP contribution in [0.1, 0.15) is 6.42 Å². The van der Waals surface area contributed by atoms with E-state index in [1.165, 1.54) is 12.1 Å². The van der Waals surface area contributed by atoms with E-state index in [1.54, 1.807) is 17.0 Å². The highest BCUT2D eigenvalue weighted by atomic mass is 35.5. The summed E-state index contributed by atoms with van der Waals surface area (Å²) in [5.74, 6) is 0.165. The Bertz CT molecular complexity index is 819. The van der Waals surface area contributed by atoms with E-state index in [0.717, 1.165) is 0 Å². The zero-order valence-electron chi connectivity index (χ0n) is 13.1. The highest BCUT2D eigenvalue weighted by molar-refractivity contribution is 6.39. The number of carbonyl (C=O) groups excluding carboxylic acids is 2. The van der Waals surface area contributed by atoms with E-state index in [2.05, 4.69) is 5.32 Å². The second-order valence-electron chi connectivity index (χ2n) is 5.45. The van der Waals surface area contributed by atoms with E-state index in [1.807, 2.05) is 12.1 Å². The monoisotopic (exact) mass is 379 g/mol. The van der Waals surface area contributed by atoms with Gasteiger partial charge in [-0.05, 0) is 24.3 Å². The smallest absolute Gasteiger partial charge is 0.265 e. The first kappa shape index (κ1) is 17.4. The summed E-state index contributed by atoms with van der Waals surface area (Å²) in [6, 6.07) is 10.3. The molecule has 0 bridgehead atoms. The van der Waals surface area contributed by atoms with Crippen LogP contribution in [0.5, 0.6) is 5.75 Å². The van der Waals surface area contributed by atoms with Gasteiger partial charge in [-0.1, -0.05) is 35.3 Å². The number of anilines is 3. The molecule has 25 heavy (non-hydrogen) atoms. The van der Waals surface area contributed by atoms with Crippen molar-refractivity contribution in [1.29, 1.82) is 0 Å². The van der Waals surface area contributed by atoms with E-state index in [4.69, 9.17) is 33.7 Å². The molecule has 0 unspecified atom stereocenters. The molecule has 0 atom stereocenters. The number of carbonyl (C=O) groups is 2. The minimum atomic E-state index is -0.270. The molecule has 8 heteroatoms. The average Bonchev–Trinajstić information content (AvgIpc) is 2.58. The number of fused-ring (bicyclic) bond motifs is 1. The third kappa shape index (κ3) is 3.81. The van der Waals surface area contributed by atoms with Gasteiger partial charge in [-0.3, -0.25) is 9.59 Å². The van der Waals surface area contributed by atoms with Gasteiger partial charge in [0.25, 0.3) is 5.91 Å². The Hall–Kier alpha value is -2.44. The molecule has 130 valence electrons. The van der Waals surface area contributed by atoms with Crippen LogP contribution in [-0.4, -0.2) is 25.0 Å². The van der Waals surface area contributed by atoms with Gasteiger partial charge in [0.15, 0.2) is 6.61 Å². The number of benzene rings is 2. The molecule has 2 aromatic carbocycles. The Balaban J connectivity index is 1.66. The molecule has 0 aliphatic carbocycles. The fourth-order valence-corrected chi connectivity index (χ4v) is 2.98. The number of hydrogen-bond acceptors (Lipinski definition) is 4. The van der Waals surface area contributed by atoms with Crippen LogP contribution < -0.4 is 20.7 Å². The molecule has 0 radical (unpaired) electrons. The van der Waals surface area contributed by atoms with Crippen molar-refractivity contribution >= 4 is 52.1 Å². The molecule has 3 N–H and O–H groups in total. The van der Waals surface area contributed by atoms with Crippen molar-refractivity contribution in [2.24, 2.45) is 0 Å². The number of para-hydroxylation sites is 2. The molecular formula is C17H15Cl2N3O3. The number of nitrogens with zero attached hydrogens (tertiary/aromatic N) is 1. The summed E-state index contributed by atoms with van der Waals surface area (Å²) in [4.78, 5) is 25.8. The van der Waals surface area contributed by atoms with Gasteiger partial charge < -0.3 is 20.7 Å². The van der Waals surface area contributed by atoms with E-state index in [-0.39, 0.29) is 47.1 Å². The first-order valence-electron chi connectivity index (χ1n) is 7.52. The van der Waals surface area contributed by atoms with Crippen molar-refractivity contribution in [3.8, 4) is 5.75 Å². The first-order valence-corrected chi connectivity index (χ1v) is 8.28. The molecule has 3 rings (SSSR count). The van der Waals surface area contributed by atoms with Gasteiger partial charge in [0.2, 0.25) is 5.91 Å². The molecular weight excluding hydrogens is 365 g/mol. The number of nitrogens with two attached hydrogens (primary N) is 1. The van der Waals surface area contributed by atoms with E-state index < -0.39 is 0 Å². The number of ether oxygens (including phenoxy) is 1. The first-order chi connectivity index (χ1) is 12.0. The maximum atomic E-state index is 12.2. The van der Waals surface area contributed by atoms with Gasteiger partial charge in [-0.25, -0.2) is 0 Å². The number of halogens is 2. The Labute approximate surface area is 154 Å². The molecule has 0 spiro atoms. The van der Waals surface area contributed by atoms with Gasteiger partial charge in [0, 0.05) is 18.7 Å². The fraction of sp³-hybridized carbons (Fsp3) is 0.176. The normalized spacial score (nSPS) is 13.2. The van der Waals surface area contributed by atoms with Crippen molar-refractivity contribution < 1.29 is 14.3 Å². The summed E-state index contributed by atoms with van der Waals surface area (Å²) in [6.45, 7) is 0.198. The highest BCUT2D eigenvalue weighted by Crippen LogP contribution is 2.32. The summed E-state index contributed by atoms with van der Waals surface area (Å²) < 4.78 is 5.37. The summed E-state index contributed by atoms with van der Waals surface area (Å²) in [6.07, 6.45) is 0.111. The largest absolute Gasteiger partial charge is 0.482 e. The zero-order valence-corrected chi connectivity index (χ0v) is 14.6. The van der Waals surface area contributed by atoms with Crippen LogP contribution in [0.2, 0.25) is 10.0 Å². The summed E-state index contributed by atoms with van der Waals surface area (Å²) in [5, 5.41) is 3.22. The molecule has 6 nitrogen and oxygen atoms in total. The standard InChI is InChI=1S/C17H15Cl2N3O3/c18-11-7-10(8-12(19)17(11)20)21-15(23)5-6-22-13-3-1-2-4-14(13)25-9-16(22)24/h1-4,7-8H,5-6,9,20H2,(H,21,23).